The Hall–Kier alpha value is -0.0400. The number of hydrogen-bond donors (Lipinski definition) is 1. The van der Waals surface area contributed by atoms with Gasteiger partial charge in [-0.3, -0.25) is 0 Å². The summed E-state index contributed by atoms with van der Waals surface area (Å²) in [4.78, 5) is 0. The second-order valence-electron chi connectivity index (χ2n) is 9.43. The maximum Gasteiger partial charge on any atom is 0.0124 e. The van der Waals surface area contributed by atoms with Crippen molar-refractivity contribution in [1.29, 1.82) is 0 Å². The SMILES string of the molecule is CCCCCCCCCCCCC12C[C@@H]3CC(C[C@@H](C3)C1)C2N. The zero-order valence-corrected chi connectivity index (χ0v) is 15.7. The lowest BCUT2D eigenvalue weighted by molar-refractivity contribution is -0.0773. The molecule has 23 heavy (non-hydrogen) atoms. The van der Waals surface area contributed by atoms with Crippen molar-refractivity contribution in [1.82, 2.24) is 0 Å². The zero-order valence-electron chi connectivity index (χ0n) is 15.7. The van der Waals surface area contributed by atoms with Crippen LogP contribution in [-0.2, 0) is 0 Å². The van der Waals surface area contributed by atoms with Crippen molar-refractivity contribution in [2.75, 3.05) is 0 Å². The molecule has 0 aromatic heterocycles. The van der Waals surface area contributed by atoms with E-state index in [-0.39, 0.29) is 0 Å². The fraction of sp³-hybridized carbons (Fsp3) is 1.00. The molecule has 0 spiro atoms. The minimum absolute atomic E-state index is 0.550. The molecule has 1 nitrogen and oxygen atoms in total. The van der Waals surface area contributed by atoms with Crippen LogP contribution >= 0.6 is 0 Å². The number of rotatable bonds is 11. The molecule has 4 aliphatic rings. The molecule has 0 aromatic rings. The first-order valence-corrected chi connectivity index (χ1v) is 11.0. The number of unbranched alkanes of at least 4 members (excludes halogenated alkanes) is 9. The van der Waals surface area contributed by atoms with Gasteiger partial charge in [0.15, 0.2) is 0 Å². The van der Waals surface area contributed by atoms with E-state index in [1.165, 1.54) is 96.3 Å². The first-order valence-electron chi connectivity index (χ1n) is 11.0. The molecule has 0 heterocycles. The van der Waals surface area contributed by atoms with Crippen molar-refractivity contribution in [3.63, 3.8) is 0 Å². The Morgan fingerprint density at radius 2 is 1.26 bits per heavy atom. The summed E-state index contributed by atoms with van der Waals surface area (Å²) in [5, 5.41) is 0. The average Bonchev–Trinajstić information content (AvgIpc) is 2.53. The minimum Gasteiger partial charge on any atom is -0.327 e. The predicted molar refractivity (Wildman–Crippen MR) is 100 cm³/mol. The smallest absolute Gasteiger partial charge is 0.0124 e. The highest BCUT2D eigenvalue weighted by Crippen LogP contribution is 2.61. The summed E-state index contributed by atoms with van der Waals surface area (Å²) in [5.74, 6) is 3.00. The van der Waals surface area contributed by atoms with Crippen molar-refractivity contribution >= 4 is 0 Å². The van der Waals surface area contributed by atoms with E-state index in [4.69, 9.17) is 5.73 Å². The van der Waals surface area contributed by atoms with Gasteiger partial charge in [0.25, 0.3) is 0 Å². The Labute approximate surface area is 145 Å². The highest BCUT2D eigenvalue weighted by atomic mass is 14.8. The quantitative estimate of drug-likeness (QED) is 0.435. The van der Waals surface area contributed by atoms with Crippen LogP contribution in [0.2, 0.25) is 0 Å². The molecule has 0 aromatic carbocycles. The number of nitrogens with two attached hydrogens (primary N) is 1. The fourth-order valence-corrected chi connectivity index (χ4v) is 6.58. The third-order valence-corrected chi connectivity index (χ3v) is 7.57. The van der Waals surface area contributed by atoms with Crippen LogP contribution in [0.25, 0.3) is 0 Å². The van der Waals surface area contributed by atoms with Gasteiger partial charge in [0, 0.05) is 6.04 Å². The Balaban J connectivity index is 1.27. The van der Waals surface area contributed by atoms with E-state index < -0.39 is 0 Å². The van der Waals surface area contributed by atoms with E-state index in [1.54, 1.807) is 6.42 Å². The van der Waals surface area contributed by atoms with Gasteiger partial charge in [-0.2, -0.15) is 0 Å². The lowest BCUT2D eigenvalue weighted by atomic mass is 9.46. The summed E-state index contributed by atoms with van der Waals surface area (Å²) < 4.78 is 0. The van der Waals surface area contributed by atoms with Crippen LogP contribution in [0.15, 0.2) is 0 Å². The second-order valence-corrected chi connectivity index (χ2v) is 9.43. The normalized spacial score (nSPS) is 38.3. The van der Waals surface area contributed by atoms with Crippen molar-refractivity contribution in [2.24, 2.45) is 28.9 Å². The van der Waals surface area contributed by atoms with Gasteiger partial charge in [-0.05, 0) is 61.7 Å². The summed E-state index contributed by atoms with van der Waals surface area (Å²) >= 11 is 0. The largest absolute Gasteiger partial charge is 0.327 e. The van der Waals surface area contributed by atoms with Crippen molar-refractivity contribution in [2.45, 2.75) is 116 Å². The molecular formula is C22H41N. The number of hydrogen-bond acceptors (Lipinski definition) is 1. The Kier molecular flexibility index (Phi) is 6.46. The molecule has 0 radical (unpaired) electrons. The van der Waals surface area contributed by atoms with E-state index in [0.29, 0.717) is 11.5 Å². The van der Waals surface area contributed by atoms with Crippen LogP contribution in [0.5, 0.6) is 0 Å². The van der Waals surface area contributed by atoms with Gasteiger partial charge >= 0.3 is 0 Å². The molecule has 0 aliphatic heterocycles. The average molecular weight is 320 g/mol. The zero-order chi connectivity index (χ0) is 16.1. The molecule has 4 aliphatic carbocycles. The third kappa shape index (κ3) is 4.33. The minimum atomic E-state index is 0.550. The highest BCUT2D eigenvalue weighted by molar-refractivity contribution is 5.08. The summed E-state index contributed by atoms with van der Waals surface area (Å²) in [6.07, 6.45) is 23.4. The summed E-state index contributed by atoms with van der Waals surface area (Å²) in [7, 11) is 0. The third-order valence-electron chi connectivity index (χ3n) is 7.57. The van der Waals surface area contributed by atoms with Crippen LogP contribution in [0.4, 0.5) is 0 Å². The molecular weight excluding hydrogens is 278 g/mol. The Morgan fingerprint density at radius 3 is 1.83 bits per heavy atom. The van der Waals surface area contributed by atoms with Gasteiger partial charge in [-0.1, -0.05) is 71.1 Å². The predicted octanol–water partition coefficient (Wildman–Crippen LogP) is 6.45. The van der Waals surface area contributed by atoms with E-state index >= 15 is 0 Å². The maximum atomic E-state index is 6.72. The topological polar surface area (TPSA) is 26.0 Å². The van der Waals surface area contributed by atoms with Crippen LogP contribution < -0.4 is 5.73 Å². The molecule has 3 unspecified atom stereocenters. The summed E-state index contributed by atoms with van der Waals surface area (Å²) in [6, 6.07) is 0.550. The van der Waals surface area contributed by atoms with E-state index in [9.17, 15) is 0 Å². The van der Waals surface area contributed by atoms with Gasteiger partial charge < -0.3 is 5.73 Å². The highest BCUT2D eigenvalue weighted by Gasteiger charge is 2.54. The van der Waals surface area contributed by atoms with Gasteiger partial charge in [0.05, 0.1) is 0 Å². The van der Waals surface area contributed by atoms with E-state index in [0.717, 1.165) is 17.8 Å². The van der Waals surface area contributed by atoms with Crippen molar-refractivity contribution < 1.29 is 0 Å². The van der Waals surface area contributed by atoms with Crippen LogP contribution in [-0.4, -0.2) is 6.04 Å². The standard InChI is InChI=1S/C22H41N/c1-2-3-4-5-6-7-8-9-10-11-12-22-16-18-13-19(17-22)15-20(14-18)21(22)23/h18-21H,2-17,23H2,1H3/t18-,19+,20?,21?,22?. The molecule has 1 heteroatoms. The van der Waals surface area contributed by atoms with Gasteiger partial charge in [0.1, 0.15) is 0 Å². The molecule has 0 saturated heterocycles. The summed E-state index contributed by atoms with van der Waals surface area (Å²) in [5.41, 5.74) is 7.30. The monoisotopic (exact) mass is 319 g/mol. The van der Waals surface area contributed by atoms with Crippen LogP contribution in [0, 0.1) is 23.2 Å². The molecule has 0 amide bonds. The van der Waals surface area contributed by atoms with Gasteiger partial charge in [0.2, 0.25) is 0 Å². The summed E-state index contributed by atoms with van der Waals surface area (Å²) in [6.45, 7) is 2.30. The molecule has 134 valence electrons. The second kappa shape index (κ2) is 8.37. The molecule has 2 N–H and O–H groups in total. The van der Waals surface area contributed by atoms with E-state index in [2.05, 4.69) is 6.92 Å². The molecule has 4 saturated carbocycles. The molecule has 4 fully saturated rings. The first-order chi connectivity index (χ1) is 11.2. The Bertz CT molecular complexity index is 336. The lowest BCUT2D eigenvalue weighted by Crippen LogP contribution is -2.59. The molecule has 4 bridgehead atoms. The molecule has 5 atom stereocenters. The fourth-order valence-electron chi connectivity index (χ4n) is 6.58. The lowest BCUT2D eigenvalue weighted by Gasteiger charge is -2.60. The first kappa shape index (κ1) is 17.8. The Morgan fingerprint density at radius 1 is 0.739 bits per heavy atom. The molecule has 4 rings (SSSR count). The van der Waals surface area contributed by atoms with Crippen molar-refractivity contribution in [3.8, 4) is 0 Å². The maximum absolute atomic E-state index is 6.72. The van der Waals surface area contributed by atoms with Crippen LogP contribution in [0.3, 0.4) is 0 Å². The van der Waals surface area contributed by atoms with E-state index in [1.807, 2.05) is 0 Å². The van der Waals surface area contributed by atoms with Gasteiger partial charge in [-0.15, -0.1) is 0 Å². The van der Waals surface area contributed by atoms with Crippen molar-refractivity contribution in [3.05, 3.63) is 0 Å². The van der Waals surface area contributed by atoms with Gasteiger partial charge in [-0.25, -0.2) is 0 Å². The van der Waals surface area contributed by atoms with Crippen LogP contribution in [0.1, 0.15) is 110 Å².